The standard InChI is InChI=1S/C20H11N5/c21-10-13-3-6-18(16(8-13)11-22)25-17-9-15-5-4-14-2-1-7-23-19(14)20(15)24-12-17/h1-9,12,25H. The van der Waals surface area contributed by atoms with Crippen LogP contribution < -0.4 is 5.32 Å². The molecule has 25 heavy (non-hydrogen) atoms. The minimum absolute atomic E-state index is 0.416. The second-order valence-corrected chi connectivity index (χ2v) is 5.55. The van der Waals surface area contributed by atoms with Crippen molar-refractivity contribution in [1.29, 1.82) is 10.5 Å². The summed E-state index contributed by atoms with van der Waals surface area (Å²) in [6.07, 6.45) is 3.47. The van der Waals surface area contributed by atoms with E-state index in [9.17, 15) is 5.26 Å². The molecule has 4 aromatic rings. The number of nitriles is 2. The number of pyridine rings is 2. The Hall–Kier alpha value is -3.96. The summed E-state index contributed by atoms with van der Waals surface area (Å²) >= 11 is 0. The van der Waals surface area contributed by atoms with Crippen molar-refractivity contribution in [2.75, 3.05) is 5.32 Å². The summed E-state index contributed by atoms with van der Waals surface area (Å²) in [5, 5.41) is 23.4. The Morgan fingerprint density at radius 3 is 2.52 bits per heavy atom. The first-order valence-corrected chi connectivity index (χ1v) is 7.63. The van der Waals surface area contributed by atoms with Crippen LogP contribution in [0.25, 0.3) is 21.8 Å². The zero-order valence-corrected chi connectivity index (χ0v) is 13.1. The maximum atomic E-state index is 9.28. The van der Waals surface area contributed by atoms with Crippen molar-refractivity contribution in [2.24, 2.45) is 0 Å². The van der Waals surface area contributed by atoms with Gasteiger partial charge in [-0.2, -0.15) is 10.5 Å². The number of nitrogens with zero attached hydrogens (tertiary/aromatic N) is 4. The van der Waals surface area contributed by atoms with E-state index < -0.39 is 0 Å². The van der Waals surface area contributed by atoms with Crippen molar-refractivity contribution in [3.8, 4) is 12.1 Å². The predicted molar refractivity (Wildman–Crippen MR) is 96.2 cm³/mol. The Morgan fingerprint density at radius 2 is 1.68 bits per heavy atom. The molecule has 5 nitrogen and oxygen atoms in total. The van der Waals surface area contributed by atoms with Gasteiger partial charge in [0.05, 0.1) is 45.8 Å². The van der Waals surface area contributed by atoms with E-state index in [1.807, 2.05) is 36.4 Å². The molecule has 0 amide bonds. The van der Waals surface area contributed by atoms with E-state index in [-0.39, 0.29) is 0 Å². The van der Waals surface area contributed by atoms with Crippen LogP contribution in [-0.4, -0.2) is 9.97 Å². The van der Waals surface area contributed by atoms with Crippen molar-refractivity contribution in [3.63, 3.8) is 0 Å². The summed E-state index contributed by atoms with van der Waals surface area (Å²) in [5.74, 6) is 0. The molecule has 0 aliphatic carbocycles. The van der Waals surface area contributed by atoms with Crippen molar-refractivity contribution in [2.45, 2.75) is 0 Å². The smallest absolute Gasteiger partial charge is 0.101 e. The number of hydrogen-bond donors (Lipinski definition) is 1. The van der Waals surface area contributed by atoms with Crippen LogP contribution in [0.1, 0.15) is 11.1 Å². The van der Waals surface area contributed by atoms with Gasteiger partial charge < -0.3 is 5.32 Å². The highest BCUT2D eigenvalue weighted by molar-refractivity contribution is 6.03. The average molecular weight is 321 g/mol. The van der Waals surface area contributed by atoms with Gasteiger partial charge in [-0.1, -0.05) is 18.2 Å². The number of benzene rings is 2. The Balaban J connectivity index is 1.77. The van der Waals surface area contributed by atoms with Gasteiger partial charge in [-0.3, -0.25) is 9.97 Å². The minimum Gasteiger partial charge on any atom is -0.353 e. The first kappa shape index (κ1) is 14.6. The molecule has 0 atom stereocenters. The molecule has 1 N–H and O–H groups in total. The van der Waals surface area contributed by atoms with Gasteiger partial charge >= 0.3 is 0 Å². The lowest BCUT2D eigenvalue weighted by molar-refractivity contribution is 1.36. The van der Waals surface area contributed by atoms with E-state index >= 15 is 0 Å². The summed E-state index contributed by atoms with van der Waals surface area (Å²) in [7, 11) is 0. The normalized spacial score (nSPS) is 10.3. The number of nitrogens with one attached hydrogen (secondary N) is 1. The maximum Gasteiger partial charge on any atom is 0.101 e. The van der Waals surface area contributed by atoms with Crippen LogP contribution in [0.15, 0.2) is 60.9 Å². The van der Waals surface area contributed by atoms with Gasteiger partial charge in [0.2, 0.25) is 0 Å². The fraction of sp³-hybridized carbons (Fsp3) is 0. The third kappa shape index (κ3) is 2.60. The number of anilines is 2. The van der Waals surface area contributed by atoms with E-state index in [2.05, 4.69) is 21.4 Å². The van der Waals surface area contributed by atoms with Gasteiger partial charge in [0.25, 0.3) is 0 Å². The molecule has 0 bridgehead atoms. The van der Waals surface area contributed by atoms with Crippen LogP contribution in [0.3, 0.4) is 0 Å². The number of aromatic nitrogens is 2. The highest BCUT2D eigenvalue weighted by Crippen LogP contribution is 2.26. The van der Waals surface area contributed by atoms with Crippen LogP contribution in [-0.2, 0) is 0 Å². The molecule has 0 saturated carbocycles. The van der Waals surface area contributed by atoms with Gasteiger partial charge in [-0.15, -0.1) is 0 Å². The van der Waals surface area contributed by atoms with Crippen LogP contribution in [0, 0.1) is 22.7 Å². The topological polar surface area (TPSA) is 85.4 Å². The SMILES string of the molecule is N#Cc1ccc(Nc2cnc3c(ccc4cccnc43)c2)c(C#N)c1. The molecule has 4 rings (SSSR count). The molecule has 0 unspecified atom stereocenters. The van der Waals surface area contributed by atoms with E-state index in [0.29, 0.717) is 16.8 Å². The molecule has 0 saturated heterocycles. The van der Waals surface area contributed by atoms with Crippen molar-refractivity contribution in [1.82, 2.24) is 9.97 Å². The zero-order chi connectivity index (χ0) is 17.2. The maximum absolute atomic E-state index is 9.28. The lowest BCUT2D eigenvalue weighted by Crippen LogP contribution is -1.95. The number of hydrogen-bond acceptors (Lipinski definition) is 5. The molecule has 0 fully saturated rings. The second kappa shape index (κ2) is 5.92. The molecule has 5 heteroatoms. The number of fused-ring (bicyclic) bond motifs is 3. The molecular formula is C20H11N5. The summed E-state index contributed by atoms with van der Waals surface area (Å²) in [6.45, 7) is 0. The Bertz CT molecular complexity index is 1200. The Morgan fingerprint density at radius 1 is 0.840 bits per heavy atom. The lowest BCUT2D eigenvalue weighted by Gasteiger charge is -2.10. The fourth-order valence-electron chi connectivity index (χ4n) is 2.78. The lowest BCUT2D eigenvalue weighted by atomic mass is 10.1. The molecular weight excluding hydrogens is 310 g/mol. The quantitative estimate of drug-likeness (QED) is 0.557. The second-order valence-electron chi connectivity index (χ2n) is 5.55. The van der Waals surface area contributed by atoms with Crippen molar-refractivity contribution >= 4 is 33.2 Å². The van der Waals surface area contributed by atoms with Crippen molar-refractivity contribution in [3.05, 3.63) is 72.1 Å². The van der Waals surface area contributed by atoms with E-state index in [1.54, 1.807) is 30.6 Å². The van der Waals surface area contributed by atoms with Gasteiger partial charge in [0.15, 0.2) is 0 Å². The summed E-state index contributed by atoms with van der Waals surface area (Å²) in [5.41, 5.74) is 3.98. The highest BCUT2D eigenvalue weighted by Gasteiger charge is 2.07. The van der Waals surface area contributed by atoms with Crippen LogP contribution in [0.2, 0.25) is 0 Å². The molecule has 116 valence electrons. The summed E-state index contributed by atoms with van der Waals surface area (Å²) in [4.78, 5) is 8.95. The monoisotopic (exact) mass is 321 g/mol. The van der Waals surface area contributed by atoms with Gasteiger partial charge in [0, 0.05) is 17.0 Å². The van der Waals surface area contributed by atoms with Crippen LogP contribution in [0.5, 0.6) is 0 Å². The third-order valence-electron chi connectivity index (χ3n) is 3.97. The largest absolute Gasteiger partial charge is 0.353 e. The molecule has 0 aliphatic rings. The van der Waals surface area contributed by atoms with Gasteiger partial charge in [-0.25, -0.2) is 0 Å². The minimum atomic E-state index is 0.416. The third-order valence-corrected chi connectivity index (χ3v) is 3.97. The molecule has 0 aliphatic heterocycles. The predicted octanol–water partition coefficient (Wildman–Crippen LogP) is 4.27. The van der Waals surface area contributed by atoms with E-state index in [0.717, 1.165) is 27.5 Å². The van der Waals surface area contributed by atoms with Crippen LogP contribution >= 0.6 is 0 Å². The highest BCUT2D eigenvalue weighted by atomic mass is 14.9. The average Bonchev–Trinajstić information content (AvgIpc) is 2.68. The first-order chi connectivity index (χ1) is 12.3. The molecule has 2 heterocycles. The van der Waals surface area contributed by atoms with Crippen LogP contribution in [0.4, 0.5) is 11.4 Å². The fourth-order valence-corrected chi connectivity index (χ4v) is 2.78. The molecule has 2 aromatic carbocycles. The van der Waals surface area contributed by atoms with E-state index in [1.165, 1.54) is 0 Å². The molecule has 0 spiro atoms. The molecule has 2 aromatic heterocycles. The molecule has 0 radical (unpaired) electrons. The summed E-state index contributed by atoms with van der Waals surface area (Å²) in [6, 6.07) is 19.0. The summed E-state index contributed by atoms with van der Waals surface area (Å²) < 4.78 is 0. The zero-order valence-electron chi connectivity index (χ0n) is 13.1. The number of rotatable bonds is 2. The van der Waals surface area contributed by atoms with E-state index in [4.69, 9.17) is 5.26 Å². The Kier molecular flexibility index (Phi) is 3.46. The first-order valence-electron chi connectivity index (χ1n) is 7.63. The van der Waals surface area contributed by atoms with Gasteiger partial charge in [0.1, 0.15) is 6.07 Å². The van der Waals surface area contributed by atoms with Crippen molar-refractivity contribution < 1.29 is 0 Å². The van der Waals surface area contributed by atoms with Gasteiger partial charge in [-0.05, 0) is 30.3 Å². The Labute approximate surface area is 143 Å².